The number of nitrogens with zero attached hydrogens (tertiary/aromatic N) is 4. The number of hydrogen-bond donors (Lipinski definition) is 1. The first-order chi connectivity index (χ1) is 15.0. The van der Waals surface area contributed by atoms with Crippen LogP contribution in [-0.2, 0) is 4.79 Å². The number of carbonyl (C=O) groups excluding carboxylic acids is 1. The molecular weight excluding hydrogens is 393 g/mol. The number of carbonyl (C=O) groups is 1. The van der Waals surface area contributed by atoms with Gasteiger partial charge in [-0.05, 0) is 43.5 Å². The van der Waals surface area contributed by atoms with Crippen molar-refractivity contribution in [2.45, 2.75) is 20.3 Å². The second kappa shape index (κ2) is 10.5. The summed E-state index contributed by atoms with van der Waals surface area (Å²) in [7, 11) is 0. The number of hydrogen-bond acceptors (Lipinski definition) is 5. The van der Waals surface area contributed by atoms with E-state index in [4.69, 9.17) is 5.26 Å². The maximum absolute atomic E-state index is 12.9. The lowest BCUT2D eigenvalue weighted by Gasteiger charge is -2.34. The highest BCUT2D eigenvalue weighted by Gasteiger charge is 2.31. The molecule has 1 saturated heterocycles. The first-order valence-corrected chi connectivity index (χ1v) is 10.3. The molecule has 4 rings (SSSR count). The summed E-state index contributed by atoms with van der Waals surface area (Å²) in [6, 6.07) is 10.5. The van der Waals surface area contributed by atoms with Gasteiger partial charge in [0.25, 0.3) is 5.91 Å². The monoisotopic (exact) mass is 419 g/mol. The van der Waals surface area contributed by atoms with Crippen LogP contribution >= 0.6 is 0 Å². The van der Waals surface area contributed by atoms with Gasteiger partial charge in [-0.15, -0.1) is 0 Å². The third-order valence-corrected chi connectivity index (χ3v) is 5.39. The highest BCUT2D eigenvalue weighted by molar-refractivity contribution is 6.03. The zero-order chi connectivity index (χ0) is 22.2. The van der Waals surface area contributed by atoms with E-state index in [0.717, 1.165) is 17.7 Å². The highest BCUT2D eigenvalue weighted by atomic mass is 19.1. The summed E-state index contributed by atoms with van der Waals surface area (Å²) in [6.45, 7) is 5.87. The molecule has 1 aromatic heterocycles. The number of dihydropyridines is 1. The fraction of sp³-hybridized carbons (Fsp3) is 0.333. The number of nitrogens with one attached hydrogen (secondary N) is 1. The van der Waals surface area contributed by atoms with Crippen molar-refractivity contribution in [1.29, 1.82) is 5.26 Å². The first-order valence-electron chi connectivity index (χ1n) is 10.3. The van der Waals surface area contributed by atoms with E-state index in [9.17, 15) is 9.18 Å². The van der Waals surface area contributed by atoms with Crippen molar-refractivity contribution in [3.05, 3.63) is 77.7 Å². The average Bonchev–Trinajstić information content (AvgIpc) is 2.81. The van der Waals surface area contributed by atoms with Crippen LogP contribution in [0.5, 0.6) is 0 Å². The van der Waals surface area contributed by atoms with Crippen molar-refractivity contribution in [3.8, 4) is 6.07 Å². The molecule has 160 valence electrons. The minimum atomic E-state index is -0.171. The maximum Gasteiger partial charge on any atom is 0.256 e. The lowest BCUT2D eigenvalue weighted by Crippen LogP contribution is -2.43. The van der Waals surface area contributed by atoms with Crippen molar-refractivity contribution in [1.82, 2.24) is 20.2 Å². The van der Waals surface area contributed by atoms with Crippen molar-refractivity contribution < 1.29 is 9.18 Å². The van der Waals surface area contributed by atoms with E-state index in [1.165, 1.54) is 18.5 Å². The number of rotatable bonds is 2. The Kier molecular flexibility index (Phi) is 7.50. The lowest BCUT2D eigenvalue weighted by atomic mass is 9.87. The number of likely N-dealkylation sites (tertiary alicyclic amines) is 1. The van der Waals surface area contributed by atoms with E-state index in [-0.39, 0.29) is 23.6 Å². The molecule has 2 atom stereocenters. The molecule has 1 aromatic carbocycles. The number of benzene rings is 1. The Hall–Kier alpha value is -3.53. The van der Waals surface area contributed by atoms with Gasteiger partial charge in [-0.25, -0.2) is 14.4 Å². The van der Waals surface area contributed by atoms with Crippen LogP contribution in [0.15, 0.2) is 60.6 Å². The summed E-state index contributed by atoms with van der Waals surface area (Å²) in [5.41, 5.74) is 3.17. The van der Waals surface area contributed by atoms with Crippen LogP contribution in [0.3, 0.4) is 0 Å². The van der Waals surface area contributed by atoms with E-state index in [1.807, 2.05) is 30.9 Å². The van der Waals surface area contributed by atoms with Crippen LogP contribution in [0, 0.1) is 35.9 Å². The Morgan fingerprint density at radius 2 is 2.06 bits per heavy atom. The summed E-state index contributed by atoms with van der Waals surface area (Å²) < 4.78 is 12.1. The molecule has 0 saturated carbocycles. The highest BCUT2D eigenvalue weighted by Crippen LogP contribution is 2.26. The van der Waals surface area contributed by atoms with Gasteiger partial charge in [0, 0.05) is 25.8 Å². The molecule has 31 heavy (non-hydrogen) atoms. The molecule has 1 N–H and O–H groups in total. The number of halogens is 1. The van der Waals surface area contributed by atoms with Crippen molar-refractivity contribution in [2.75, 3.05) is 19.6 Å². The van der Waals surface area contributed by atoms with Crippen molar-refractivity contribution in [2.24, 2.45) is 11.8 Å². The molecule has 0 bridgehead atoms. The zero-order valence-corrected chi connectivity index (χ0v) is 17.8. The first kappa shape index (κ1) is 22.2. The molecule has 1 amide bonds. The predicted octanol–water partition coefficient (Wildman–Crippen LogP) is 3.49. The maximum atomic E-state index is 12.9. The van der Waals surface area contributed by atoms with Gasteiger partial charge < -0.3 is 10.2 Å². The molecular formula is C24H26FN5O. The molecule has 1 fully saturated rings. The van der Waals surface area contributed by atoms with Crippen LogP contribution in [0.1, 0.15) is 24.6 Å². The van der Waals surface area contributed by atoms with Gasteiger partial charge >= 0.3 is 0 Å². The Morgan fingerprint density at radius 1 is 1.29 bits per heavy atom. The Bertz CT molecular complexity index is 974. The quantitative estimate of drug-likeness (QED) is 0.806. The third-order valence-electron chi connectivity index (χ3n) is 5.39. The lowest BCUT2D eigenvalue weighted by molar-refractivity contribution is -0.128. The summed E-state index contributed by atoms with van der Waals surface area (Å²) in [5.74, 6) is 0.0524. The second-order valence-corrected chi connectivity index (χ2v) is 7.71. The number of aryl methyl sites for hydroxylation is 1. The molecule has 3 heterocycles. The fourth-order valence-electron chi connectivity index (χ4n) is 3.59. The fourth-order valence-corrected chi connectivity index (χ4v) is 3.59. The van der Waals surface area contributed by atoms with Gasteiger partial charge in [-0.1, -0.05) is 30.7 Å². The van der Waals surface area contributed by atoms with Gasteiger partial charge in [0.05, 0.1) is 29.0 Å². The summed E-state index contributed by atoms with van der Waals surface area (Å²) in [5, 5.41) is 12.4. The average molecular weight is 420 g/mol. The molecule has 7 heteroatoms. The zero-order valence-electron chi connectivity index (χ0n) is 17.8. The smallest absolute Gasteiger partial charge is 0.256 e. The third kappa shape index (κ3) is 5.76. The van der Waals surface area contributed by atoms with Crippen molar-refractivity contribution in [3.63, 3.8) is 0 Å². The molecule has 2 aliphatic rings. The largest absolute Gasteiger partial charge is 0.379 e. The minimum Gasteiger partial charge on any atom is -0.379 e. The van der Waals surface area contributed by atoms with Gasteiger partial charge in [-0.2, -0.15) is 5.26 Å². The Balaban J connectivity index is 0.000000287. The molecule has 6 nitrogen and oxygen atoms in total. The van der Waals surface area contributed by atoms with Crippen LogP contribution < -0.4 is 5.32 Å². The van der Waals surface area contributed by atoms with Gasteiger partial charge in [0.1, 0.15) is 12.1 Å². The van der Waals surface area contributed by atoms with E-state index in [0.29, 0.717) is 30.9 Å². The number of nitriles is 1. The van der Waals surface area contributed by atoms with Gasteiger partial charge in [0.2, 0.25) is 0 Å². The number of aromatic nitrogens is 2. The Morgan fingerprint density at radius 3 is 2.68 bits per heavy atom. The summed E-state index contributed by atoms with van der Waals surface area (Å²) >= 11 is 0. The second-order valence-electron chi connectivity index (χ2n) is 7.71. The summed E-state index contributed by atoms with van der Waals surface area (Å²) in [4.78, 5) is 22.9. The minimum absolute atomic E-state index is 0.00898. The molecule has 2 aromatic rings. The topological polar surface area (TPSA) is 81.9 Å². The number of piperidine rings is 1. The molecule has 2 unspecified atom stereocenters. The van der Waals surface area contributed by atoms with E-state index >= 15 is 0 Å². The van der Waals surface area contributed by atoms with Gasteiger partial charge in [0.15, 0.2) is 0 Å². The molecule has 0 spiro atoms. The van der Waals surface area contributed by atoms with E-state index in [2.05, 4.69) is 21.4 Å². The van der Waals surface area contributed by atoms with Gasteiger partial charge in [-0.3, -0.25) is 4.79 Å². The van der Waals surface area contributed by atoms with Crippen LogP contribution in [0.25, 0.3) is 5.70 Å². The SMILES string of the molecule is CC1CN(C(=O)C2=C(c3ccncn3)NCC=C2)CCC1C#N.Cc1ccc(F)cc1. The molecule has 2 aliphatic heterocycles. The Labute approximate surface area is 182 Å². The van der Waals surface area contributed by atoms with Crippen LogP contribution in [0.2, 0.25) is 0 Å². The van der Waals surface area contributed by atoms with E-state index in [1.54, 1.807) is 24.4 Å². The van der Waals surface area contributed by atoms with Crippen LogP contribution in [-0.4, -0.2) is 40.4 Å². The molecule has 0 aliphatic carbocycles. The standard InChI is InChI=1S/C17H19N5O.C7H7F/c1-12-10-22(8-5-13(12)9-18)17(23)14-3-2-6-20-16(14)15-4-7-19-11-21-15;1-6-2-4-7(8)5-3-6/h2-4,7,11-13,20H,5-6,8,10H2,1H3;2-5H,1H3. The molecule has 0 radical (unpaired) electrons. The van der Waals surface area contributed by atoms with Crippen LogP contribution in [0.4, 0.5) is 4.39 Å². The van der Waals surface area contributed by atoms with E-state index < -0.39 is 0 Å². The normalized spacial score (nSPS) is 20.3. The summed E-state index contributed by atoms with van der Waals surface area (Å²) in [6.07, 6.45) is 7.67. The number of amides is 1. The predicted molar refractivity (Wildman–Crippen MR) is 117 cm³/mol. The van der Waals surface area contributed by atoms with Crippen molar-refractivity contribution >= 4 is 11.6 Å².